The van der Waals surface area contributed by atoms with Crippen molar-refractivity contribution >= 4 is 0 Å². The number of hydrogen-bond donors (Lipinski definition) is 1. The molecule has 0 aliphatic carbocycles. The van der Waals surface area contributed by atoms with Crippen molar-refractivity contribution in [2.24, 2.45) is 5.92 Å². The van der Waals surface area contributed by atoms with Gasteiger partial charge in [-0.1, -0.05) is 5.16 Å². The fourth-order valence-electron chi connectivity index (χ4n) is 2.40. The Labute approximate surface area is 108 Å². The maximum absolute atomic E-state index is 5.02. The Morgan fingerprint density at radius 2 is 2.56 bits per heavy atom. The molecule has 1 saturated heterocycles. The van der Waals surface area contributed by atoms with Gasteiger partial charge in [-0.05, 0) is 31.8 Å². The van der Waals surface area contributed by atoms with Crippen molar-refractivity contribution in [3.05, 3.63) is 12.2 Å². The molecular formula is C12H22N4O2. The largest absolute Gasteiger partial charge is 0.383 e. The molecule has 1 fully saturated rings. The summed E-state index contributed by atoms with van der Waals surface area (Å²) in [5.41, 5.74) is 0. The Morgan fingerprint density at radius 1 is 1.61 bits per heavy atom. The number of hydrogen-bond acceptors (Lipinski definition) is 6. The molecule has 1 aliphatic rings. The Balaban J connectivity index is 1.67. The van der Waals surface area contributed by atoms with E-state index in [0.29, 0.717) is 5.92 Å². The number of piperidine rings is 1. The topological polar surface area (TPSA) is 63.4 Å². The number of nitrogens with zero attached hydrogens (tertiary/aromatic N) is 3. The summed E-state index contributed by atoms with van der Waals surface area (Å²) >= 11 is 0. The highest BCUT2D eigenvalue weighted by Gasteiger charge is 2.20. The molecule has 0 aromatic carbocycles. The van der Waals surface area contributed by atoms with Crippen molar-refractivity contribution in [2.45, 2.75) is 19.4 Å². The molecule has 1 aromatic rings. The summed E-state index contributed by atoms with van der Waals surface area (Å²) in [7, 11) is 1.73. The van der Waals surface area contributed by atoms with Crippen molar-refractivity contribution in [2.75, 3.05) is 39.9 Å². The molecule has 0 radical (unpaired) electrons. The molecule has 1 N–H and O–H groups in total. The maximum atomic E-state index is 5.02. The Kier molecular flexibility index (Phi) is 5.57. The van der Waals surface area contributed by atoms with E-state index in [0.717, 1.165) is 45.2 Å². The standard InChI is InChI=1S/C12H22N4O2/c1-17-6-4-13-7-11-3-2-5-16(8-11)9-12-14-10-18-15-12/h10-11,13H,2-9H2,1H3. The Morgan fingerprint density at radius 3 is 3.33 bits per heavy atom. The van der Waals surface area contributed by atoms with Crippen LogP contribution in [0.3, 0.4) is 0 Å². The van der Waals surface area contributed by atoms with Crippen molar-refractivity contribution < 1.29 is 9.26 Å². The van der Waals surface area contributed by atoms with Crippen molar-refractivity contribution in [1.82, 2.24) is 20.4 Å². The molecule has 0 amide bonds. The monoisotopic (exact) mass is 254 g/mol. The van der Waals surface area contributed by atoms with E-state index in [1.54, 1.807) is 7.11 Å². The third-order valence-electron chi connectivity index (χ3n) is 3.29. The average molecular weight is 254 g/mol. The molecule has 1 unspecified atom stereocenters. The molecule has 6 heteroatoms. The second-order valence-corrected chi connectivity index (χ2v) is 4.79. The van der Waals surface area contributed by atoms with Crippen LogP contribution in [0.15, 0.2) is 10.9 Å². The zero-order valence-corrected chi connectivity index (χ0v) is 11.0. The maximum Gasteiger partial charge on any atom is 0.213 e. The first kappa shape index (κ1) is 13.5. The summed E-state index contributed by atoms with van der Waals surface area (Å²) in [6, 6.07) is 0. The fourth-order valence-corrected chi connectivity index (χ4v) is 2.40. The van der Waals surface area contributed by atoms with E-state index >= 15 is 0 Å². The van der Waals surface area contributed by atoms with Crippen LogP contribution in [-0.2, 0) is 11.3 Å². The van der Waals surface area contributed by atoms with Gasteiger partial charge in [0.1, 0.15) is 0 Å². The Bertz CT molecular complexity index is 318. The van der Waals surface area contributed by atoms with Gasteiger partial charge in [0.15, 0.2) is 5.82 Å². The van der Waals surface area contributed by atoms with Crippen molar-refractivity contribution in [1.29, 1.82) is 0 Å². The van der Waals surface area contributed by atoms with E-state index in [1.165, 1.54) is 19.2 Å². The van der Waals surface area contributed by atoms with Crippen molar-refractivity contribution in [3.8, 4) is 0 Å². The van der Waals surface area contributed by atoms with Gasteiger partial charge in [-0.3, -0.25) is 4.90 Å². The van der Waals surface area contributed by atoms with E-state index in [2.05, 4.69) is 20.4 Å². The van der Waals surface area contributed by atoms with Crippen LogP contribution in [0.1, 0.15) is 18.7 Å². The van der Waals surface area contributed by atoms with Gasteiger partial charge in [0.25, 0.3) is 0 Å². The summed E-state index contributed by atoms with van der Waals surface area (Å²) in [5, 5.41) is 7.30. The molecule has 1 aliphatic heterocycles. The first-order chi connectivity index (χ1) is 8.88. The van der Waals surface area contributed by atoms with Crippen LogP contribution in [0.5, 0.6) is 0 Å². The number of ether oxygens (including phenoxy) is 1. The van der Waals surface area contributed by atoms with Gasteiger partial charge >= 0.3 is 0 Å². The molecule has 6 nitrogen and oxygen atoms in total. The summed E-state index contributed by atoms with van der Waals surface area (Å²) in [4.78, 5) is 6.47. The summed E-state index contributed by atoms with van der Waals surface area (Å²) in [6.45, 7) is 5.80. The highest BCUT2D eigenvalue weighted by Crippen LogP contribution is 2.16. The molecule has 2 heterocycles. The van der Waals surface area contributed by atoms with E-state index in [1.807, 2.05) is 0 Å². The van der Waals surface area contributed by atoms with Gasteiger partial charge in [0.05, 0.1) is 13.2 Å². The highest BCUT2D eigenvalue weighted by molar-refractivity contribution is 4.82. The fraction of sp³-hybridized carbons (Fsp3) is 0.833. The first-order valence-corrected chi connectivity index (χ1v) is 6.55. The van der Waals surface area contributed by atoms with Gasteiger partial charge in [-0.25, -0.2) is 0 Å². The van der Waals surface area contributed by atoms with E-state index in [9.17, 15) is 0 Å². The zero-order valence-electron chi connectivity index (χ0n) is 11.0. The van der Waals surface area contributed by atoms with Crippen LogP contribution < -0.4 is 5.32 Å². The third kappa shape index (κ3) is 4.36. The third-order valence-corrected chi connectivity index (χ3v) is 3.29. The lowest BCUT2D eigenvalue weighted by atomic mass is 9.98. The van der Waals surface area contributed by atoms with Gasteiger partial charge in [0, 0.05) is 20.2 Å². The molecule has 1 aromatic heterocycles. The highest BCUT2D eigenvalue weighted by atomic mass is 16.5. The number of methoxy groups -OCH3 is 1. The van der Waals surface area contributed by atoms with Gasteiger partial charge in [0.2, 0.25) is 6.39 Å². The average Bonchev–Trinajstić information content (AvgIpc) is 2.88. The van der Waals surface area contributed by atoms with Crippen LogP contribution in [-0.4, -0.2) is 54.9 Å². The number of rotatable bonds is 7. The predicted molar refractivity (Wildman–Crippen MR) is 67.0 cm³/mol. The second kappa shape index (κ2) is 7.45. The number of likely N-dealkylation sites (tertiary alicyclic amines) is 1. The molecule has 1 atom stereocenters. The minimum atomic E-state index is 0.711. The predicted octanol–water partition coefficient (Wildman–Crippen LogP) is 0.518. The van der Waals surface area contributed by atoms with Crippen LogP contribution in [0.25, 0.3) is 0 Å². The quantitative estimate of drug-likeness (QED) is 0.716. The number of aromatic nitrogens is 2. The molecule has 2 rings (SSSR count). The molecule has 0 saturated carbocycles. The first-order valence-electron chi connectivity index (χ1n) is 6.55. The zero-order chi connectivity index (χ0) is 12.6. The minimum Gasteiger partial charge on any atom is -0.383 e. The van der Waals surface area contributed by atoms with Gasteiger partial charge < -0.3 is 14.6 Å². The van der Waals surface area contributed by atoms with Crippen molar-refractivity contribution in [3.63, 3.8) is 0 Å². The van der Waals surface area contributed by atoms with E-state index in [4.69, 9.17) is 9.26 Å². The molecule has 102 valence electrons. The summed E-state index contributed by atoms with van der Waals surface area (Å²) in [6.07, 6.45) is 3.93. The minimum absolute atomic E-state index is 0.711. The van der Waals surface area contributed by atoms with E-state index < -0.39 is 0 Å². The lowest BCUT2D eigenvalue weighted by Crippen LogP contribution is -2.39. The lowest BCUT2D eigenvalue weighted by Gasteiger charge is -2.32. The van der Waals surface area contributed by atoms with Gasteiger partial charge in [-0.15, -0.1) is 0 Å². The van der Waals surface area contributed by atoms with Crippen LogP contribution in [0.4, 0.5) is 0 Å². The van der Waals surface area contributed by atoms with Crippen LogP contribution in [0.2, 0.25) is 0 Å². The number of nitrogens with one attached hydrogen (secondary N) is 1. The summed E-state index contributed by atoms with van der Waals surface area (Å²) in [5.74, 6) is 1.49. The molecule has 0 spiro atoms. The lowest BCUT2D eigenvalue weighted by molar-refractivity contribution is 0.155. The second-order valence-electron chi connectivity index (χ2n) is 4.79. The Hall–Kier alpha value is -0.980. The van der Waals surface area contributed by atoms with Crippen LogP contribution >= 0.6 is 0 Å². The van der Waals surface area contributed by atoms with Gasteiger partial charge in [-0.2, -0.15) is 4.98 Å². The van der Waals surface area contributed by atoms with Crippen LogP contribution in [0, 0.1) is 5.92 Å². The molecule has 18 heavy (non-hydrogen) atoms. The molecular weight excluding hydrogens is 232 g/mol. The normalized spacial score (nSPS) is 21.3. The molecule has 0 bridgehead atoms. The SMILES string of the molecule is COCCNCC1CCCN(Cc2ncon2)C1. The summed E-state index contributed by atoms with van der Waals surface area (Å²) < 4.78 is 9.78. The smallest absolute Gasteiger partial charge is 0.213 e. The van der Waals surface area contributed by atoms with E-state index in [-0.39, 0.29) is 0 Å².